The summed E-state index contributed by atoms with van der Waals surface area (Å²) in [6, 6.07) is 86.0. The van der Waals surface area contributed by atoms with Crippen molar-refractivity contribution in [1.82, 2.24) is 0 Å². The Hall–Kier alpha value is -8.46. The molecule has 0 fully saturated rings. The molecule has 2 nitrogen and oxygen atoms in total. The molecule has 13 aromatic rings. The Morgan fingerprint density at radius 2 is 0.688 bits per heavy atom. The summed E-state index contributed by atoms with van der Waals surface area (Å²) in [4.78, 5) is 2.40. The average Bonchev–Trinajstić information content (AvgIpc) is 3.76. The first-order chi connectivity index (χ1) is 31.7. The topological polar surface area (TPSA) is 16.4 Å². The Morgan fingerprint density at radius 1 is 0.250 bits per heavy atom. The van der Waals surface area contributed by atoms with Gasteiger partial charge in [0.2, 0.25) is 0 Å². The van der Waals surface area contributed by atoms with Crippen LogP contribution in [0, 0.1) is 0 Å². The molecule has 0 aliphatic heterocycles. The van der Waals surface area contributed by atoms with Crippen LogP contribution < -0.4 is 4.90 Å². The Bertz CT molecular complexity index is 3790. The van der Waals surface area contributed by atoms with Gasteiger partial charge in [-0.05, 0) is 119 Å². The van der Waals surface area contributed by atoms with Crippen LogP contribution in [0.3, 0.4) is 0 Å². The highest BCUT2D eigenvalue weighted by molar-refractivity contribution is 6.18. The van der Waals surface area contributed by atoms with Crippen LogP contribution in [0.5, 0.6) is 0 Å². The molecule has 0 spiro atoms. The number of hydrogen-bond donors (Lipinski definition) is 0. The molecule has 0 unspecified atom stereocenters. The number of hydrogen-bond acceptors (Lipinski definition) is 2. The molecule has 0 amide bonds. The molecule has 2 heteroatoms. The number of fused-ring (bicyclic) bond motifs is 11. The SMILES string of the molecule is c1ccc(N(c2ccc(-c3cc4ccccc4c4ccccc34)cc2)c2ccc(-c3cc4ccccc4c4ccccc34)cc2)c(-c2cccc3c2oc2c4ccccc4ccc32)c1. The van der Waals surface area contributed by atoms with Crippen LogP contribution in [0.1, 0.15) is 0 Å². The predicted octanol–water partition coefficient (Wildman–Crippen LogP) is 17.8. The molecule has 0 bridgehead atoms. The zero-order valence-electron chi connectivity index (χ0n) is 34.9. The molecule has 0 radical (unpaired) electrons. The van der Waals surface area contributed by atoms with Gasteiger partial charge in [0.15, 0.2) is 0 Å². The summed E-state index contributed by atoms with van der Waals surface area (Å²) in [5.74, 6) is 0. The van der Waals surface area contributed by atoms with Crippen LogP contribution >= 0.6 is 0 Å². The normalized spacial score (nSPS) is 11.8. The van der Waals surface area contributed by atoms with Crippen molar-refractivity contribution in [2.75, 3.05) is 4.90 Å². The van der Waals surface area contributed by atoms with E-state index in [4.69, 9.17) is 4.42 Å². The zero-order chi connectivity index (χ0) is 42.1. The van der Waals surface area contributed by atoms with Crippen LogP contribution in [-0.4, -0.2) is 0 Å². The van der Waals surface area contributed by atoms with Gasteiger partial charge < -0.3 is 9.32 Å². The number of anilines is 3. The number of furan rings is 1. The van der Waals surface area contributed by atoms with Crippen molar-refractivity contribution >= 4 is 92.9 Å². The molecular weight excluding hydrogens is 775 g/mol. The third kappa shape index (κ3) is 5.73. The van der Waals surface area contributed by atoms with Crippen molar-refractivity contribution in [3.8, 4) is 33.4 Å². The molecule has 64 heavy (non-hydrogen) atoms. The van der Waals surface area contributed by atoms with E-state index in [1.54, 1.807) is 0 Å². The van der Waals surface area contributed by atoms with Gasteiger partial charge in [-0.2, -0.15) is 0 Å². The first kappa shape index (κ1) is 36.2. The van der Waals surface area contributed by atoms with E-state index in [9.17, 15) is 0 Å². The smallest absolute Gasteiger partial charge is 0.143 e. The van der Waals surface area contributed by atoms with Crippen molar-refractivity contribution in [1.29, 1.82) is 0 Å². The molecular formula is C62H39NO. The largest absolute Gasteiger partial charge is 0.455 e. The Morgan fingerprint density at radius 3 is 1.28 bits per heavy atom. The minimum atomic E-state index is 0.887. The minimum Gasteiger partial charge on any atom is -0.455 e. The van der Waals surface area contributed by atoms with Gasteiger partial charge in [0.25, 0.3) is 0 Å². The summed E-state index contributed by atoms with van der Waals surface area (Å²) in [6.45, 7) is 0. The van der Waals surface area contributed by atoms with Crippen molar-refractivity contribution in [2.24, 2.45) is 0 Å². The fourth-order valence-corrected chi connectivity index (χ4v) is 10.2. The van der Waals surface area contributed by atoms with Gasteiger partial charge in [0, 0.05) is 38.7 Å². The van der Waals surface area contributed by atoms with Crippen molar-refractivity contribution < 1.29 is 4.42 Å². The van der Waals surface area contributed by atoms with Gasteiger partial charge in [0.05, 0.1) is 5.69 Å². The standard InChI is InChI=1S/C62H39NO/c1-6-19-49-40(14-1)32-37-57-56-26-13-25-55(62(56)64-61(49)57)54-24-11-12-27-60(54)63(45-33-28-41(29-34-45)58-38-43-15-2-4-17-47(43)50-20-7-9-22-52(50)58)46-35-30-42(31-36-46)59-39-44-16-3-5-18-48(44)51-21-8-10-23-53(51)59/h1-39H. The van der Waals surface area contributed by atoms with Crippen LogP contribution in [0.25, 0.3) is 109 Å². The Balaban J connectivity index is 0.995. The zero-order valence-corrected chi connectivity index (χ0v) is 34.9. The maximum atomic E-state index is 6.94. The molecule has 12 aromatic carbocycles. The fourth-order valence-electron chi connectivity index (χ4n) is 10.2. The van der Waals surface area contributed by atoms with Crippen LogP contribution in [0.2, 0.25) is 0 Å². The molecule has 0 saturated carbocycles. The van der Waals surface area contributed by atoms with E-state index in [1.165, 1.54) is 70.7 Å². The summed E-state index contributed by atoms with van der Waals surface area (Å²) in [7, 11) is 0. The number of nitrogens with zero attached hydrogens (tertiary/aromatic N) is 1. The van der Waals surface area contributed by atoms with Gasteiger partial charge in [-0.25, -0.2) is 0 Å². The van der Waals surface area contributed by atoms with E-state index in [1.807, 2.05) is 0 Å². The lowest BCUT2D eigenvalue weighted by Gasteiger charge is -2.28. The first-order valence-corrected chi connectivity index (χ1v) is 22.0. The van der Waals surface area contributed by atoms with E-state index in [0.29, 0.717) is 0 Å². The lowest BCUT2D eigenvalue weighted by atomic mass is 9.93. The second-order valence-corrected chi connectivity index (χ2v) is 16.8. The second kappa shape index (κ2) is 14.6. The lowest BCUT2D eigenvalue weighted by Crippen LogP contribution is -2.11. The molecule has 13 rings (SSSR count). The maximum Gasteiger partial charge on any atom is 0.143 e. The highest BCUT2D eigenvalue weighted by Gasteiger charge is 2.22. The summed E-state index contributed by atoms with van der Waals surface area (Å²) < 4.78 is 6.94. The van der Waals surface area contributed by atoms with Gasteiger partial charge in [0.1, 0.15) is 11.2 Å². The third-order valence-electron chi connectivity index (χ3n) is 13.2. The van der Waals surface area contributed by atoms with Crippen LogP contribution in [0.15, 0.2) is 241 Å². The quantitative estimate of drug-likeness (QED) is 0.156. The highest BCUT2D eigenvalue weighted by Crippen LogP contribution is 2.46. The van der Waals surface area contributed by atoms with E-state index in [2.05, 4.69) is 241 Å². The van der Waals surface area contributed by atoms with Crippen molar-refractivity contribution in [2.45, 2.75) is 0 Å². The molecule has 0 atom stereocenters. The summed E-state index contributed by atoms with van der Waals surface area (Å²) in [6.07, 6.45) is 0. The molecule has 0 N–H and O–H groups in total. The molecule has 0 aliphatic rings. The Kier molecular flexibility index (Phi) is 8.25. The molecule has 1 aromatic heterocycles. The van der Waals surface area contributed by atoms with Gasteiger partial charge in [-0.3, -0.25) is 0 Å². The molecule has 0 aliphatic carbocycles. The highest BCUT2D eigenvalue weighted by atomic mass is 16.3. The number of benzene rings is 12. The second-order valence-electron chi connectivity index (χ2n) is 16.8. The maximum absolute atomic E-state index is 6.94. The molecule has 298 valence electrons. The molecule has 0 saturated heterocycles. The summed E-state index contributed by atoms with van der Waals surface area (Å²) in [5, 5.41) is 14.6. The molecule has 1 heterocycles. The van der Waals surface area contributed by atoms with E-state index >= 15 is 0 Å². The third-order valence-corrected chi connectivity index (χ3v) is 13.2. The lowest BCUT2D eigenvalue weighted by molar-refractivity contribution is 0.674. The fraction of sp³-hybridized carbons (Fsp3) is 0. The van der Waals surface area contributed by atoms with Crippen LogP contribution in [0.4, 0.5) is 17.1 Å². The van der Waals surface area contributed by atoms with Gasteiger partial charge in [-0.15, -0.1) is 0 Å². The van der Waals surface area contributed by atoms with Gasteiger partial charge in [-0.1, -0.05) is 188 Å². The monoisotopic (exact) mass is 813 g/mol. The van der Waals surface area contributed by atoms with E-state index in [-0.39, 0.29) is 0 Å². The summed E-state index contributed by atoms with van der Waals surface area (Å²) in [5.41, 5.74) is 11.9. The minimum absolute atomic E-state index is 0.887. The Labute approximate surface area is 370 Å². The average molecular weight is 814 g/mol. The number of rotatable bonds is 6. The predicted molar refractivity (Wildman–Crippen MR) is 272 cm³/mol. The van der Waals surface area contributed by atoms with Crippen molar-refractivity contribution in [3.63, 3.8) is 0 Å². The van der Waals surface area contributed by atoms with Gasteiger partial charge >= 0.3 is 0 Å². The van der Waals surface area contributed by atoms with E-state index in [0.717, 1.165) is 55.5 Å². The van der Waals surface area contributed by atoms with Crippen molar-refractivity contribution in [3.05, 3.63) is 237 Å². The van der Waals surface area contributed by atoms with E-state index < -0.39 is 0 Å². The number of para-hydroxylation sites is 2. The summed E-state index contributed by atoms with van der Waals surface area (Å²) >= 11 is 0. The van der Waals surface area contributed by atoms with Crippen LogP contribution in [-0.2, 0) is 0 Å². The first-order valence-electron chi connectivity index (χ1n) is 22.0.